The minimum absolute atomic E-state index is 0.0136. The lowest BCUT2D eigenvalue weighted by Crippen LogP contribution is -2.56. The van der Waals surface area contributed by atoms with E-state index in [0.29, 0.717) is 39.3 Å². The van der Waals surface area contributed by atoms with Gasteiger partial charge in [0.25, 0.3) is 5.91 Å². The molecule has 0 spiro atoms. The third-order valence-electron chi connectivity index (χ3n) is 5.52. The van der Waals surface area contributed by atoms with Crippen LogP contribution < -0.4 is 4.90 Å². The second kappa shape index (κ2) is 9.67. The molecular formula is C21H28N4O3. The number of ether oxygens (including phenoxy) is 1. The van der Waals surface area contributed by atoms with Crippen molar-refractivity contribution in [2.24, 2.45) is 0 Å². The Labute approximate surface area is 166 Å². The molecule has 2 amide bonds. The average Bonchev–Trinajstić information content (AvgIpc) is 3.28. The third kappa shape index (κ3) is 4.70. The Balaban J connectivity index is 1.59. The van der Waals surface area contributed by atoms with Gasteiger partial charge in [0.05, 0.1) is 18.5 Å². The molecule has 2 aliphatic heterocycles. The van der Waals surface area contributed by atoms with Crippen LogP contribution in [-0.4, -0.2) is 73.1 Å². The number of amides is 2. The first kappa shape index (κ1) is 20.3. The van der Waals surface area contributed by atoms with Gasteiger partial charge >= 0.3 is 0 Å². The fourth-order valence-corrected chi connectivity index (χ4v) is 3.82. The minimum atomic E-state index is -0.307. The molecule has 0 aromatic heterocycles. The quantitative estimate of drug-likeness (QED) is 0.745. The fraction of sp³-hybridized carbons (Fsp3) is 0.571. The maximum atomic E-state index is 13.1. The van der Waals surface area contributed by atoms with Crippen molar-refractivity contribution >= 4 is 17.5 Å². The van der Waals surface area contributed by atoms with E-state index >= 15 is 0 Å². The van der Waals surface area contributed by atoms with Crippen molar-refractivity contribution in [1.82, 2.24) is 9.80 Å². The smallest absolute Gasteiger partial charge is 0.251 e. The van der Waals surface area contributed by atoms with Crippen molar-refractivity contribution in [3.05, 3.63) is 30.3 Å². The predicted octanol–water partition coefficient (Wildman–Crippen LogP) is 1.64. The number of carbonyl (C=O) groups is 2. The topological polar surface area (TPSA) is 76.9 Å². The van der Waals surface area contributed by atoms with Crippen LogP contribution in [0.3, 0.4) is 0 Å². The van der Waals surface area contributed by atoms with Crippen molar-refractivity contribution in [3.63, 3.8) is 0 Å². The highest BCUT2D eigenvalue weighted by atomic mass is 16.5. The molecule has 0 saturated carbocycles. The van der Waals surface area contributed by atoms with E-state index in [9.17, 15) is 9.59 Å². The van der Waals surface area contributed by atoms with Crippen LogP contribution in [0.2, 0.25) is 0 Å². The largest absolute Gasteiger partial charge is 0.368 e. The number of rotatable bonds is 6. The number of para-hydroxylation sites is 1. The summed E-state index contributed by atoms with van der Waals surface area (Å²) in [6.45, 7) is 5.49. The summed E-state index contributed by atoms with van der Waals surface area (Å²) in [4.78, 5) is 31.3. The summed E-state index contributed by atoms with van der Waals surface area (Å²) in [6, 6.07) is 11.3. The molecule has 150 valence electrons. The monoisotopic (exact) mass is 384 g/mol. The zero-order valence-corrected chi connectivity index (χ0v) is 16.4. The number of piperazine rings is 1. The average molecular weight is 384 g/mol. The lowest BCUT2D eigenvalue weighted by molar-refractivity contribution is -0.143. The number of carbonyl (C=O) groups excluding carboxylic acids is 2. The molecule has 1 aromatic carbocycles. The first-order valence-corrected chi connectivity index (χ1v) is 9.99. The Morgan fingerprint density at radius 2 is 1.96 bits per heavy atom. The fourth-order valence-electron chi connectivity index (χ4n) is 3.82. The number of nitriles is 1. The van der Waals surface area contributed by atoms with Gasteiger partial charge in [-0.1, -0.05) is 18.2 Å². The molecule has 0 radical (unpaired) electrons. The lowest BCUT2D eigenvalue weighted by atomic mass is 10.1. The summed E-state index contributed by atoms with van der Waals surface area (Å²) >= 11 is 0. The Hall–Kier alpha value is -2.43. The van der Waals surface area contributed by atoms with Crippen LogP contribution in [0, 0.1) is 11.3 Å². The Morgan fingerprint density at radius 1 is 1.25 bits per heavy atom. The van der Waals surface area contributed by atoms with Gasteiger partial charge in [0.15, 0.2) is 0 Å². The second-order valence-electron chi connectivity index (χ2n) is 7.27. The maximum Gasteiger partial charge on any atom is 0.251 e. The highest BCUT2D eigenvalue weighted by Gasteiger charge is 2.33. The number of hydrogen-bond donors (Lipinski definition) is 0. The van der Waals surface area contributed by atoms with Crippen LogP contribution in [0.15, 0.2) is 30.3 Å². The van der Waals surface area contributed by atoms with E-state index in [-0.39, 0.29) is 30.4 Å². The normalized spacial score (nSPS) is 21.1. The molecule has 28 heavy (non-hydrogen) atoms. The summed E-state index contributed by atoms with van der Waals surface area (Å²) in [5.74, 6) is 0.0661. The Bertz CT molecular complexity index is 704. The van der Waals surface area contributed by atoms with Crippen LogP contribution in [-0.2, 0) is 14.3 Å². The summed E-state index contributed by atoms with van der Waals surface area (Å²) in [7, 11) is 0. The summed E-state index contributed by atoms with van der Waals surface area (Å²) < 4.78 is 5.51. The molecule has 7 heteroatoms. The second-order valence-corrected chi connectivity index (χ2v) is 7.27. The van der Waals surface area contributed by atoms with E-state index in [2.05, 4.69) is 11.0 Å². The molecule has 2 atom stereocenters. The van der Waals surface area contributed by atoms with Gasteiger partial charge in [0.2, 0.25) is 5.91 Å². The van der Waals surface area contributed by atoms with Crippen LogP contribution in [0.5, 0.6) is 0 Å². The SMILES string of the molecule is CC(C(=O)N(CCC#N)c1ccccc1)N1CCN(C(=O)C2CCCO2)CC1. The van der Waals surface area contributed by atoms with Gasteiger partial charge in [0, 0.05) is 45.0 Å². The maximum absolute atomic E-state index is 13.1. The summed E-state index contributed by atoms with van der Waals surface area (Å²) in [5, 5.41) is 8.96. The van der Waals surface area contributed by atoms with Gasteiger partial charge in [-0.2, -0.15) is 5.26 Å². The van der Waals surface area contributed by atoms with E-state index < -0.39 is 0 Å². The first-order valence-electron chi connectivity index (χ1n) is 9.99. The molecule has 7 nitrogen and oxygen atoms in total. The molecule has 2 unspecified atom stereocenters. The van der Waals surface area contributed by atoms with E-state index in [4.69, 9.17) is 10.00 Å². The zero-order valence-electron chi connectivity index (χ0n) is 16.4. The van der Waals surface area contributed by atoms with Gasteiger partial charge in [-0.25, -0.2) is 0 Å². The van der Waals surface area contributed by atoms with E-state index in [1.807, 2.05) is 42.2 Å². The van der Waals surface area contributed by atoms with Gasteiger partial charge in [0.1, 0.15) is 6.10 Å². The highest BCUT2D eigenvalue weighted by Crippen LogP contribution is 2.19. The zero-order chi connectivity index (χ0) is 19.9. The molecule has 0 N–H and O–H groups in total. The van der Waals surface area contributed by atoms with Crippen molar-refractivity contribution in [3.8, 4) is 6.07 Å². The van der Waals surface area contributed by atoms with Gasteiger partial charge in [-0.15, -0.1) is 0 Å². The van der Waals surface area contributed by atoms with Gasteiger partial charge in [-0.3, -0.25) is 14.5 Å². The molecule has 2 heterocycles. The summed E-state index contributed by atoms with van der Waals surface area (Å²) in [5.41, 5.74) is 0.807. The third-order valence-corrected chi connectivity index (χ3v) is 5.52. The van der Waals surface area contributed by atoms with E-state index in [1.54, 1.807) is 4.90 Å². The molecule has 0 aliphatic carbocycles. The minimum Gasteiger partial charge on any atom is -0.368 e. The van der Waals surface area contributed by atoms with E-state index in [0.717, 1.165) is 18.5 Å². The number of hydrogen-bond acceptors (Lipinski definition) is 5. The van der Waals surface area contributed by atoms with E-state index in [1.165, 1.54) is 0 Å². The number of nitrogens with zero attached hydrogens (tertiary/aromatic N) is 4. The number of benzene rings is 1. The van der Waals surface area contributed by atoms with Crippen molar-refractivity contribution < 1.29 is 14.3 Å². The Morgan fingerprint density at radius 3 is 2.57 bits per heavy atom. The molecule has 2 saturated heterocycles. The molecule has 0 bridgehead atoms. The first-order chi connectivity index (χ1) is 13.6. The molecule has 2 fully saturated rings. The number of anilines is 1. The van der Waals surface area contributed by atoms with Crippen molar-refractivity contribution in [1.29, 1.82) is 5.26 Å². The lowest BCUT2D eigenvalue weighted by Gasteiger charge is -2.39. The van der Waals surface area contributed by atoms with Gasteiger partial charge in [-0.05, 0) is 31.9 Å². The van der Waals surface area contributed by atoms with Crippen molar-refractivity contribution in [2.45, 2.75) is 38.3 Å². The van der Waals surface area contributed by atoms with Crippen LogP contribution in [0.25, 0.3) is 0 Å². The summed E-state index contributed by atoms with van der Waals surface area (Å²) in [6.07, 6.45) is 1.75. The van der Waals surface area contributed by atoms with Crippen LogP contribution >= 0.6 is 0 Å². The standard InChI is InChI=1S/C21H28N4O3/c1-17(20(26)25(11-6-10-22)18-7-3-2-4-8-18)23-12-14-24(15-13-23)21(27)19-9-5-16-28-19/h2-4,7-8,17,19H,5-6,9,11-16H2,1H3. The molecule has 2 aliphatic rings. The van der Waals surface area contributed by atoms with Crippen LogP contribution in [0.1, 0.15) is 26.2 Å². The van der Waals surface area contributed by atoms with Gasteiger partial charge < -0.3 is 14.5 Å². The van der Waals surface area contributed by atoms with Crippen LogP contribution in [0.4, 0.5) is 5.69 Å². The molecule has 1 aromatic rings. The van der Waals surface area contributed by atoms with Crippen molar-refractivity contribution in [2.75, 3.05) is 44.2 Å². The molecule has 3 rings (SSSR count). The molecular weight excluding hydrogens is 356 g/mol. The Kier molecular flexibility index (Phi) is 7.01. The highest BCUT2D eigenvalue weighted by molar-refractivity contribution is 5.97. The predicted molar refractivity (Wildman–Crippen MR) is 106 cm³/mol.